The van der Waals surface area contributed by atoms with Crippen LogP contribution in [-0.4, -0.2) is 45.8 Å². The second kappa shape index (κ2) is 6.33. The van der Waals surface area contributed by atoms with Gasteiger partial charge in [-0.3, -0.25) is 4.79 Å². The second-order valence-corrected chi connectivity index (χ2v) is 7.54. The van der Waals surface area contributed by atoms with Crippen LogP contribution < -0.4 is 5.32 Å². The van der Waals surface area contributed by atoms with E-state index in [1.165, 1.54) is 0 Å². The van der Waals surface area contributed by atoms with Crippen LogP contribution in [0, 0.1) is 6.92 Å². The van der Waals surface area contributed by atoms with E-state index in [0.29, 0.717) is 17.6 Å². The van der Waals surface area contributed by atoms with E-state index in [1.807, 2.05) is 35.9 Å². The van der Waals surface area contributed by atoms with Gasteiger partial charge >= 0.3 is 0 Å². The number of rotatable bonds is 2. The van der Waals surface area contributed by atoms with Crippen molar-refractivity contribution in [3.8, 4) is 5.69 Å². The van der Waals surface area contributed by atoms with E-state index in [9.17, 15) is 4.79 Å². The maximum absolute atomic E-state index is 13.2. The molecule has 126 valence electrons. The third-order valence-corrected chi connectivity index (χ3v) is 5.67. The molecule has 0 spiro atoms. The minimum Gasteiger partial charge on any atom is -0.331 e. The van der Waals surface area contributed by atoms with Crippen molar-refractivity contribution in [2.45, 2.75) is 38.3 Å². The molecule has 24 heavy (non-hydrogen) atoms. The molecule has 2 unspecified atom stereocenters. The molecule has 1 amide bonds. The molecule has 2 atom stereocenters. The van der Waals surface area contributed by atoms with E-state index in [0.717, 1.165) is 48.2 Å². The van der Waals surface area contributed by atoms with Gasteiger partial charge in [0.25, 0.3) is 5.91 Å². The van der Waals surface area contributed by atoms with Crippen LogP contribution in [0.1, 0.15) is 35.3 Å². The molecule has 4 rings (SSSR count). The summed E-state index contributed by atoms with van der Waals surface area (Å²) in [6.45, 7) is 3.88. The summed E-state index contributed by atoms with van der Waals surface area (Å²) in [4.78, 5) is 15.3. The minimum absolute atomic E-state index is 0.130. The Morgan fingerprint density at radius 1 is 1.29 bits per heavy atom. The zero-order valence-corrected chi connectivity index (χ0v) is 15.3. The molecular weight excluding hydrogens is 368 g/mol. The molecule has 5 nitrogen and oxygen atoms in total. The van der Waals surface area contributed by atoms with Gasteiger partial charge in [-0.05, 0) is 50.9 Å². The van der Waals surface area contributed by atoms with Crippen LogP contribution in [0.3, 0.4) is 0 Å². The highest BCUT2D eigenvalue weighted by Crippen LogP contribution is 2.30. The van der Waals surface area contributed by atoms with Crippen molar-refractivity contribution in [3.63, 3.8) is 0 Å². The quantitative estimate of drug-likeness (QED) is 0.860. The lowest BCUT2D eigenvalue weighted by atomic mass is 10.1. The standard InChI is InChI=1S/C18H21BrN4O/c1-12-17(11-21-23(12)15-4-2-3-13(19)9-15)18(24)22-14-5-6-16(22)10-20-8-7-14/h2-4,9,11,14,16,20H,5-8,10H2,1H3. The van der Waals surface area contributed by atoms with Crippen molar-refractivity contribution in [2.75, 3.05) is 13.1 Å². The van der Waals surface area contributed by atoms with Crippen molar-refractivity contribution in [2.24, 2.45) is 0 Å². The summed E-state index contributed by atoms with van der Waals surface area (Å²) in [7, 11) is 0. The lowest BCUT2D eigenvalue weighted by Crippen LogP contribution is -2.42. The van der Waals surface area contributed by atoms with Crippen LogP contribution >= 0.6 is 15.9 Å². The minimum atomic E-state index is 0.130. The number of carbonyl (C=O) groups excluding carboxylic acids is 1. The first-order valence-electron chi connectivity index (χ1n) is 8.49. The zero-order chi connectivity index (χ0) is 16.7. The smallest absolute Gasteiger partial charge is 0.257 e. The number of aromatic nitrogens is 2. The summed E-state index contributed by atoms with van der Waals surface area (Å²) in [6, 6.07) is 8.65. The van der Waals surface area contributed by atoms with Gasteiger partial charge in [0.15, 0.2) is 0 Å². The number of halogens is 1. The number of nitrogens with one attached hydrogen (secondary N) is 1. The Bertz CT molecular complexity index is 758. The zero-order valence-electron chi connectivity index (χ0n) is 13.7. The van der Waals surface area contributed by atoms with Crippen molar-refractivity contribution in [1.82, 2.24) is 20.0 Å². The molecule has 2 bridgehead atoms. The molecule has 1 aromatic heterocycles. The summed E-state index contributed by atoms with van der Waals surface area (Å²) in [5, 5.41) is 7.92. The molecular formula is C18H21BrN4O. The summed E-state index contributed by atoms with van der Waals surface area (Å²) in [5.74, 6) is 0.130. The molecule has 1 aromatic carbocycles. The molecule has 3 heterocycles. The van der Waals surface area contributed by atoms with E-state index < -0.39 is 0 Å². The number of amides is 1. The second-order valence-electron chi connectivity index (χ2n) is 6.63. The molecule has 0 saturated carbocycles. The van der Waals surface area contributed by atoms with Gasteiger partial charge in [0.05, 0.1) is 23.1 Å². The van der Waals surface area contributed by atoms with Gasteiger partial charge in [-0.2, -0.15) is 5.10 Å². The molecule has 6 heteroatoms. The van der Waals surface area contributed by atoms with Crippen molar-refractivity contribution in [3.05, 3.63) is 46.2 Å². The summed E-state index contributed by atoms with van der Waals surface area (Å²) in [5.41, 5.74) is 2.57. The number of hydrogen-bond donors (Lipinski definition) is 1. The maximum atomic E-state index is 13.2. The third-order valence-electron chi connectivity index (χ3n) is 5.18. The average Bonchev–Trinajstić information content (AvgIpc) is 3.05. The highest BCUT2D eigenvalue weighted by atomic mass is 79.9. The van der Waals surface area contributed by atoms with Crippen molar-refractivity contribution in [1.29, 1.82) is 0 Å². The van der Waals surface area contributed by atoms with Gasteiger partial charge in [0.1, 0.15) is 0 Å². The van der Waals surface area contributed by atoms with Crippen LogP contribution in [-0.2, 0) is 0 Å². The van der Waals surface area contributed by atoms with E-state index in [4.69, 9.17) is 0 Å². The summed E-state index contributed by atoms with van der Waals surface area (Å²) >= 11 is 3.49. The Labute approximate surface area is 150 Å². The van der Waals surface area contributed by atoms with Gasteiger partial charge < -0.3 is 10.2 Å². The van der Waals surface area contributed by atoms with Crippen LogP contribution in [0.25, 0.3) is 5.69 Å². The number of nitrogens with zero attached hydrogens (tertiary/aromatic N) is 3. The highest BCUT2D eigenvalue weighted by Gasteiger charge is 2.39. The van der Waals surface area contributed by atoms with Gasteiger partial charge in [-0.15, -0.1) is 0 Å². The fraction of sp³-hybridized carbons (Fsp3) is 0.444. The molecule has 2 fully saturated rings. The number of fused-ring (bicyclic) bond motifs is 2. The van der Waals surface area contributed by atoms with Crippen LogP contribution in [0.2, 0.25) is 0 Å². The Morgan fingerprint density at radius 2 is 2.12 bits per heavy atom. The van der Waals surface area contributed by atoms with Crippen LogP contribution in [0.5, 0.6) is 0 Å². The molecule has 1 N–H and O–H groups in total. The lowest BCUT2D eigenvalue weighted by Gasteiger charge is -2.27. The first-order chi connectivity index (χ1) is 11.6. The Morgan fingerprint density at radius 3 is 2.96 bits per heavy atom. The van der Waals surface area contributed by atoms with Crippen LogP contribution in [0.15, 0.2) is 34.9 Å². The fourth-order valence-electron chi connectivity index (χ4n) is 3.94. The molecule has 2 saturated heterocycles. The summed E-state index contributed by atoms with van der Waals surface area (Å²) in [6.07, 6.45) is 4.98. The predicted octanol–water partition coefficient (Wildman–Crippen LogP) is 2.91. The first kappa shape index (κ1) is 15.8. The van der Waals surface area contributed by atoms with Crippen molar-refractivity contribution < 1.29 is 4.79 Å². The Kier molecular flexibility index (Phi) is 4.18. The van der Waals surface area contributed by atoms with Crippen LogP contribution in [0.4, 0.5) is 0 Å². The van der Waals surface area contributed by atoms with E-state index in [2.05, 4.69) is 31.2 Å². The topological polar surface area (TPSA) is 50.2 Å². The number of hydrogen-bond acceptors (Lipinski definition) is 3. The molecule has 2 aliphatic heterocycles. The average molecular weight is 389 g/mol. The van der Waals surface area contributed by atoms with E-state index in [-0.39, 0.29) is 5.91 Å². The summed E-state index contributed by atoms with van der Waals surface area (Å²) < 4.78 is 2.84. The maximum Gasteiger partial charge on any atom is 0.257 e. The third kappa shape index (κ3) is 2.67. The van der Waals surface area contributed by atoms with E-state index in [1.54, 1.807) is 6.20 Å². The predicted molar refractivity (Wildman–Crippen MR) is 96.5 cm³/mol. The molecule has 0 aliphatic carbocycles. The molecule has 0 radical (unpaired) electrons. The normalized spacial score (nSPS) is 23.3. The Hall–Kier alpha value is -1.66. The van der Waals surface area contributed by atoms with Gasteiger partial charge in [0.2, 0.25) is 0 Å². The van der Waals surface area contributed by atoms with E-state index >= 15 is 0 Å². The SMILES string of the molecule is Cc1c(C(=O)N2C3CCNCC2CC3)cnn1-c1cccc(Br)c1. The molecule has 2 aromatic rings. The van der Waals surface area contributed by atoms with Gasteiger partial charge in [-0.25, -0.2) is 4.68 Å². The monoisotopic (exact) mass is 388 g/mol. The number of carbonyl (C=O) groups is 1. The fourth-order valence-corrected chi connectivity index (χ4v) is 4.33. The molecule has 2 aliphatic rings. The largest absolute Gasteiger partial charge is 0.331 e. The first-order valence-corrected chi connectivity index (χ1v) is 9.28. The van der Waals surface area contributed by atoms with Crippen molar-refractivity contribution >= 4 is 21.8 Å². The lowest BCUT2D eigenvalue weighted by molar-refractivity contribution is 0.0679. The van der Waals surface area contributed by atoms with Gasteiger partial charge in [-0.1, -0.05) is 22.0 Å². The number of benzene rings is 1. The van der Waals surface area contributed by atoms with Gasteiger partial charge in [0, 0.05) is 23.1 Å². The highest BCUT2D eigenvalue weighted by molar-refractivity contribution is 9.10. The Balaban J connectivity index is 1.66.